The molecule has 11 aromatic rings. The molecule has 0 amide bonds. The van der Waals surface area contributed by atoms with Crippen LogP contribution in [0.25, 0.3) is 110 Å². The van der Waals surface area contributed by atoms with Crippen molar-refractivity contribution in [2.75, 3.05) is 0 Å². The Kier molecular flexibility index (Phi) is 6.62. The van der Waals surface area contributed by atoms with E-state index in [2.05, 4.69) is 60.7 Å². The Hall–Kier alpha value is -6.96. The molecule has 4 aromatic heterocycles. The Balaban J connectivity index is 1.12. The molecule has 0 aliphatic rings. The zero-order valence-corrected chi connectivity index (χ0v) is 28.8. The zero-order chi connectivity index (χ0) is 34.9. The molecule has 6 nitrogen and oxygen atoms in total. The van der Waals surface area contributed by atoms with Crippen LogP contribution in [-0.2, 0) is 0 Å². The summed E-state index contributed by atoms with van der Waals surface area (Å²) in [6.07, 6.45) is 0. The van der Waals surface area contributed by atoms with Gasteiger partial charge in [-0.15, -0.1) is 11.3 Å². The lowest BCUT2D eigenvalue weighted by Gasteiger charge is -2.11. The molecule has 0 fully saturated rings. The molecule has 0 atom stereocenters. The summed E-state index contributed by atoms with van der Waals surface area (Å²) >= 11 is 1.68. The lowest BCUT2D eigenvalue weighted by molar-refractivity contribution is 0.665. The molecular weight excluding hydrogens is 673 g/mol. The number of benzene rings is 7. The normalized spacial score (nSPS) is 11.8. The molecule has 0 spiro atoms. The van der Waals surface area contributed by atoms with Crippen LogP contribution in [0.4, 0.5) is 0 Å². The van der Waals surface area contributed by atoms with Crippen molar-refractivity contribution in [3.63, 3.8) is 0 Å². The summed E-state index contributed by atoms with van der Waals surface area (Å²) in [4.78, 5) is 20.1. The summed E-state index contributed by atoms with van der Waals surface area (Å²) in [5.74, 6) is 1.79. The molecule has 7 aromatic carbocycles. The molecule has 0 unspecified atom stereocenters. The van der Waals surface area contributed by atoms with E-state index in [0.29, 0.717) is 17.5 Å². The number of hydrogen-bond acceptors (Lipinski definition) is 7. The number of hydrogen-bond donors (Lipinski definition) is 0. The standard InChI is InChI=1S/C46H26N4O2S/c1-4-13-27(14-5-1)43-48-44(28-15-6-2-7-16-28)50-45(49-43)34-24-23-32(42-40(34)33-19-10-11-22-37(33)51-42)30-20-12-21-31-35-25-36-39(26-38(35)52-41(30)31)53-46(47-36)29-17-8-3-9-18-29/h1-26H. The number of furan rings is 2. The van der Waals surface area contributed by atoms with Crippen molar-refractivity contribution in [2.45, 2.75) is 0 Å². The van der Waals surface area contributed by atoms with Crippen LogP contribution in [0.2, 0.25) is 0 Å². The van der Waals surface area contributed by atoms with E-state index in [0.717, 1.165) is 92.5 Å². The van der Waals surface area contributed by atoms with Crippen LogP contribution in [0.5, 0.6) is 0 Å². The van der Waals surface area contributed by atoms with E-state index in [1.165, 1.54) is 0 Å². The number of nitrogens with zero attached hydrogens (tertiary/aromatic N) is 4. The van der Waals surface area contributed by atoms with Gasteiger partial charge in [0, 0.05) is 61.0 Å². The Morgan fingerprint density at radius 1 is 0.396 bits per heavy atom. The third-order valence-electron chi connectivity index (χ3n) is 9.78. The van der Waals surface area contributed by atoms with E-state index >= 15 is 0 Å². The third-order valence-corrected chi connectivity index (χ3v) is 10.9. The summed E-state index contributed by atoms with van der Waals surface area (Å²) in [6, 6.07) is 53.3. The maximum atomic E-state index is 6.74. The van der Waals surface area contributed by atoms with Gasteiger partial charge in [0.25, 0.3) is 0 Å². The number of fused-ring (bicyclic) bond motifs is 7. The Labute approximate surface area is 306 Å². The summed E-state index contributed by atoms with van der Waals surface area (Å²) in [7, 11) is 0. The molecular formula is C46H26N4O2S. The van der Waals surface area contributed by atoms with E-state index in [9.17, 15) is 0 Å². The second kappa shape index (κ2) is 11.8. The highest BCUT2D eigenvalue weighted by molar-refractivity contribution is 7.21. The van der Waals surface area contributed by atoms with Gasteiger partial charge in [-0.2, -0.15) is 0 Å². The molecule has 0 aliphatic carbocycles. The number of aromatic nitrogens is 4. The Morgan fingerprint density at radius 2 is 0.981 bits per heavy atom. The number of para-hydroxylation sites is 2. The molecule has 7 heteroatoms. The molecule has 0 saturated heterocycles. The van der Waals surface area contributed by atoms with Crippen LogP contribution < -0.4 is 0 Å². The lowest BCUT2D eigenvalue weighted by atomic mass is 9.96. The largest absolute Gasteiger partial charge is 0.455 e. The van der Waals surface area contributed by atoms with E-state index < -0.39 is 0 Å². The SMILES string of the molecule is c1ccc(-c2nc(-c3ccccc3)nc(-c3ccc(-c4cccc5c4oc4cc6sc(-c7ccccc7)nc6cc45)c4oc5ccccc5c34)n2)cc1. The van der Waals surface area contributed by atoms with Gasteiger partial charge in [0.15, 0.2) is 17.5 Å². The van der Waals surface area contributed by atoms with Crippen molar-refractivity contribution in [3.8, 4) is 55.9 Å². The van der Waals surface area contributed by atoms with E-state index in [1.54, 1.807) is 11.3 Å². The minimum atomic E-state index is 0.574. The van der Waals surface area contributed by atoms with Gasteiger partial charge < -0.3 is 8.83 Å². The first-order valence-corrected chi connectivity index (χ1v) is 18.2. The van der Waals surface area contributed by atoms with Crippen LogP contribution in [0, 0.1) is 0 Å². The van der Waals surface area contributed by atoms with E-state index in [-0.39, 0.29) is 0 Å². The molecule has 0 aliphatic heterocycles. The van der Waals surface area contributed by atoms with Crippen molar-refractivity contribution in [2.24, 2.45) is 0 Å². The van der Waals surface area contributed by atoms with Crippen molar-refractivity contribution >= 4 is 65.4 Å². The molecule has 0 N–H and O–H groups in total. The Morgan fingerprint density at radius 3 is 1.72 bits per heavy atom. The van der Waals surface area contributed by atoms with Gasteiger partial charge in [-0.3, -0.25) is 0 Å². The van der Waals surface area contributed by atoms with Crippen LogP contribution in [0.15, 0.2) is 167 Å². The fraction of sp³-hybridized carbons (Fsp3) is 0. The summed E-state index contributed by atoms with van der Waals surface area (Å²) in [5.41, 5.74) is 9.80. The first-order chi connectivity index (χ1) is 26.2. The average Bonchev–Trinajstić information content (AvgIpc) is 3.94. The van der Waals surface area contributed by atoms with Gasteiger partial charge in [-0.25, -0.2) is 19.9 Å². The zero-order valence-electron chi connectivity index (χ0n) is 28.0. The molecule has 53 heavy (non-hydrogen) atoms. The van der Waals surface area contributed by atoms with Crippen molar-refractivity contribution < 1.29 is 8.83 Å². The minimum absolute atomic E-state index is 0.574. The highest BCUT2D eigenvalue weighted by Crippen LogP contribution is 2.45. The van der Waals surface area contributed by atoms with Crippen molar-refractivity contribution in [1.82, 2.24) is 19.9 Å². The summed E-state index contributed by atoms with van der Waals surface area (Å²) in [6.45, 7) is 0. The monoisotopic (exact) mass is 698 g/mol. The Bertz CT molecular complexity index is 3110. The molecule has 4 heterocycles. The molecule has 0 bridgehead atoms. The molecule has 0 saturated carbocycles. The number of rotatable bonds is 5. The van der Waals surface area contributed by atoms with Gasteiger partial charge in [-0.05, 0) is 24.3 Å². The second-order valence-electron chi connectivity index (χ2n) is 13.0. The second-order valence-corrected chi connectivity index (χ2v) is 14.0. The fourth-order valence-electron chi connectivity index (χ4n) is 7.29. The topological polar surface area (TPSA) is 77.8 Å². The van der Waals surface area contributed by atoms with Gasteiger partial charge in [0.2, 0.25) is 0 Å². The lowest BCUT2D eigenvalue weighted by Crippen LogP contribution is -2.00. The first kappa shape index (κ1) is 29.7. The molecule has 0 radical (unpaired) electrons. The summed E-state index contributed by atoms with van der Waals surface area (Å²) < 4.78 is 14.6. The molecule has 11 rings (SSSR count). The maximum absolute atomic E-state index is 6.74. The predicted octanol–water partition coefficient (Wildman–Crippen LogP) is 12.6. The van der Waals surface area contributed by atoms with Gasteiger partial charge in [0.1, 0.15) is 27.3 Å². The van der Waals surface area contributed by atoms with Crippen LogP contribution in [0.3, 0.4) is 0 Å². The minimum Gasteiger partial charge on any atom is -0.455 e. The fourth-order valence-corrected chi connectivity index (χ4v) is 8.27. The highest BCUT2D eigenvalue weighted by atomic mass is 32.1. The van der Waals surface area contributed by atoms with Crippen molar-refractivity contribution in [1.29, 1.82) is 0 Å². The van der Waals surface area contributed by atoms with Crippen LogP contribution in [-0.4, -0.2) is 19.9 Å². The van der Waals surface area contributed by atoms with E-state index in [1.807, 2.05) is 97.1 Å². The number of thiazole rings is 1. The van der Waals surface area contributed by atoms with Gasteiger partial charge in [-0.1, -0.05) is 127 Å². The molecule has 248 valence electrons. The first-order valence-electron chi connectivity index (χ1n) is 17.4. The maximum Gasteiger partial charge on any atom is 0.164 e. The predicted molar refractivity (Wildman–Crippen MR) is 215 cm³/mol. The highest BCUT2D eigenvalue weighted by Gasteiger charge is 2.23. The van der Waals surface area contributed by atoms with Crippen LogP contribution in [0.1, 0.15) is 0 Å². The quantitative estimate of drug-likeness (QED) is 0.178. The van der Waals surface area contributed by atoms with Gasteiger partial charge >= 0.3 is 0 Å². The van der Waals surface area contributed by atoms with Crippen LogP contribution >= 0.6 is 11.3 Å². The van der Waals surface area contributed by atoms with E-state index in [4.69, 9.17) is 28.8 Å². The summed E-state index contributed by atoms with van der Waals surface area (Å²) in [5, 5.41) is 4.98. The van der Waals surface area contributed by atoms with Gasteiger partial charge in [0.05, 0.1) is 10.2 Å². The smallest absolute Gasteiger partial charge is 0.164 e. The van der Waals surface area contributed by atoms with Crippen molar-refractivity contribution in [3.05, 3.63) is 158 Å². The third kappa shape index (κ3) is 4.86. The average molecular weight is 699 g/mol.